The number of carbonyl (C=O) groups excluding carboxylic acids is 1. The lowest BCUT2D eigenvalue weighted by Gasteiger charge is -2.09. The molecule has 3 rings (SSSR count). The molecule has 0 saturated carbocycles. The Hall–Kier alpha value is -3.02. The third-order valence-electron chi connectivity index (χ3n) is 3.24. The van der Waals surface area contributed by atoms with Gasteiger partial charge in [-0.3, -0.25) is 5.32 Å². The molecule has 6 heteroatoms. The molecule has 0 fully saturated rings. The minimum atomic E-state index is -0.557. The largest absolute Gasteiger partial charge is 0.497 e. The highest BCUT2D eigenvalue weighted by molar-refractivity contribution is 5.90. The molecule has 0 aliphatic rings. The lowest BCUT2D eigenvalue weighted by molar-refractivity contribution is 0.215. The first-order valence-electron chi connectivity index (χ1n) is 6.70. The van der Waals surface area contributed by atoms with Crippen molar-refractivity contribution in [3.63, 3.8) is 0 Å². The molecule has 6 nitrogen and oxygen atoms in total. The van der Waals surface area contributed by atoms with E-state index >= 15 is 0 Å². The molecule has 1 N–H and O–H groups in total. The van der Waals surface area contributed by atoms with Crippen molar-refractivity contribution >= 4 is 22.8 Å². The van der Waals surface area contributed by atoms with Gasteiger partial charge in [0.1, 0.15) is 11.3 Å². The van der Waals surface area contributed by atoms with E-state index in [1.165, 1.54) is 0 Å². The first-order chi connectivity index (χ1) is 10.7. The Balaban J connectivity index is 1.76. The normalized spacial score (nSPS) is 10.5. The summed E-state index contributed by atoms with van der Waals surface area (Å²) in [6, 6.07) is 12.4. The van der Waals surface area contributed by atoms with Crippen LogP contribution in [0.15, 0.2) is 48.8 Å². The number of benzene rings is 2. The van der Waals surface area contributed by atoms with Crippen LogP contribution in [0.4, 0.5) is 10.5 Å². The number of nitrogens with zero attached hydrogens (tertiary/aromatic N) is 2. The van der Waals surface area contributed by atoms with Gasteiger partial charge in [0.15, 0.2) is 5.75 Å². The molecule has 0 bridgehead atoms. The molecule has 0 atom stereocenters. The third kappa shape index (κ3) is 2.71. The quantitative estimate of drug-likeness (QED) is 0.806. The SMILES string of the molecule is COc1ccc(NC(=O)Oc2cccc3ncn(C)c23)cc1. The number of methoxy groups -OCH3 is 1. The fourth-order valence-electron chi connectivity index (χ4n) is 2.18. The number of amides is 1. The van der Waals surface area contributed by atoms with Crippen LogP contribution in [-0.2, 0) is 7.05 Å². The van der Waals surface area contributed by atoms with Crippen LogP contribution in [0.25, 0.3) is 11.0 Å². The van der Waals surface area contributed by atoms with Gasteiger partial charge in [0.25, 0.3) is 0 Å². The molecular formula is C16H15N3O3. The predicted octanol–water partition coefficient (Wildman–Crippen LogP) is 3.19. The van der Waals surface area contributed by atoms with E-state index in [4.69, 9.17) is 9.47 Å². The van der Waals surface area contributed by atoms with Crippen LogP contribution < -0.4 is 14.8 Å². The maximum absolute atomic E-state index is 12.0. The summed E-state index contributed by atoms with van der Waals surface area (Å²) in [5, 5.41) is 2.67. The molecule has 0 aliphatic heterocycles. The van der Waals surface area contributed by atoms with Gasteiger partial charge in [0.2, 0.25) is 0 Å². The second-order valence-corrected chi connectivity index (χ2v) is 4.72. The van der Waals surface area contributed by atoms with Gasteiger partial charge in [0, 0.05) is 12.7 Å². The van der Waals surface area contributed by atoms with E-state index in [2.05, 4.69) is 10.3 Å². The smallest absolute Gasteiger partial charge is 0.417 e. The van der Waals surface area contributed by atoms with Crippen molar-refractivity contribution in [3.05, 3.63) is 48.8 Å². The zero-order valence-electron chi connectivity index (χ0n) is 12.2. The molecule has 112 valence electrons. The highest BCUT2D eigenvalue weighted by Gasteiger charge is 2.11. The van der Waals surface area contributed by atoms with Gasteiger partial charge in [-0.15, -0.1) is 0 Å². The topological polar surface area (TPSA) is 65.4 Å². The molecular weight excluding hydrogens is 282 g/mol. The number of nitrogens with one attached hydrogen (secondary N) is 1. The summed E-state index contributed by atoms with van der Waals surface area (Å²) in [6.45, 7) is 0. The number of aryl methyl sites for hydroxylation is 1. The van der Waals surface area contributed by atoms with Crippen molar-refractivity contribution in [1.82, 2.24) is 9.55 Å². The van der Waals surface area contributed by atoms with Crippen molar-refractivity contribution in [3.8, 4) is 11.5 Å². The average molecular weight is 297 g/mol. The van der Waals surface area contributed by atoms with Crippen LogP contribution in [0.3, 0.4) is 0 Å². The number of aromatic nitrogens is 2. The second-order valence-electron chi connectivity index (χ2n) is 4.72. The Kier molecular flexibility index (Phi) is 3.65. The highest BCUT2D eigenvalue weighted by Crippen LogP contribution is 2.24. The lowest BCUT2D eigenvalue weighted by atomic mass is 10.3. The summed E-state index contributed by atoms with van der Waals surface area (Å²) < 4.78 is 12.3. The van der Waals surface area contributed by atoms with E-state index in [0.29, 0.717) is 11.4 Å². The van der Waals surface area contributed by atoms with E-state index in [9.17, 15) is 4.79 Å². The first-order valence-corrected chi connectivity index (χ1v) is 6.70. The first kappa shape index (κ1) is 13.9. The van der Waals surface area contributed by atoms with E-state index in [0.717, 1.165) is 16.8 Å². The van der Waals surface area contributed by atoms with Gasteiger partial charge < -0.3 is 14.0 Å². The second kappa shape index (κ2) is 5.77. The van der Waals surface area contributed by atoms with Gasteiger partial charge in [-0.05, 0) is 36.4 Å². The molecule has 1 aromatic heterocycles. The van der Waals surface area contributed by atoms with E-state index in [1.54, 1.807) is 49.8 Å². The molecule has 0 saturated heterocycles. The Bertz CT molecular complexity index is 809. The summed E-state index contributed by atoms with van der Waals surface area (Å²) in [5.41, 5.74) is 2.17. The van der Waals surface area contributed by atoms with Crippen molar-refractivity contribution in [2.24, 2.45) is 7.05 Å². The van der Waals surface area contributed by atoms with Crippen molar-refractivity contribution < 1.29 is 14.3 Å². The molecule has 1 amide bonds. The molecule has 0 spiro atoms. The molecule has 1 heterocycles. The standard InChI is InChI=1S/C16H15N3O3/c1-19-10-17-13-4-3-5-14(15(13)19)22-16(20)18-11-6-8-12(21-2)9-7-11/h3-10H,1-2H3,(H,18,20). The van der Waals surface area contributed by atoms with Crippen LogP contribution in [0.5, 0.6) is 11.5 Å². The number of hydrogen-bond donors (Lipinski definition) is 1. The lowest BCUT2D eigenvalue weighted by Crippen LogP contribution is -2.17. The number of carbonyl (C=O) groups is 1. The number of fused-ring (bicyclic) bond motifs is 1. The van der Waals surface area contributed by atoms with Crippen LogP contribution in [0.1, 0.15) is 0 Å². The minimum Gasteiger partial charge on any atom is -0.497 e. The zero-order chi connectivity index (χ0) is 15.5. The van der Waals surface area contributed by atoms with E-state index < -0.39 is 6.09 Å². The minimum absolute atomic E-state index is 0.462. The van der Waals surface area contributed by atoms with Crippen LogP contribution in [0, 0.1) is 0 Å². The third-order valence-corrected chi connectivity index (χ3v) is 3.24. The zero-order valence-corrected chi connectivity index (χ0v) is 12.2. The van der Waals surface area contributed by atoms with Crippen molar-refractivity contribution in [2.75, 3.05) is 12.4 Å². The Morgan fingerprint density at radius 1 is 1.18 bits per heavy atom. The van der Waals surface area contributed by atoms with Crippen LogP contribution >= 0.6 is 0 Å². The summed E-state index contributed by atoms with van der Waals surface area (Å²) >= 11 is 0. The van der Waals surface area contributed by atoms with Crippen molar-refractivity contribution in [2.45, 2.75) is 0 Å². The number of rotatable bonds is 3. The van der Waals surface area contributed by atoms with Gasteiger partial charge >= 0.3 is 6.09 Å². The Morgan fingerprint density at radius 2 is 1.95 bits per heavy atom. The highest BCUT2D eigenvalue weighted by atomic mass is 16.6. The fraction of sp³-hybridized carbons (Fsp3) is 0.125. The van der Waals surface area contributed by atoms with Crippen molar-refractivity contribution in [1.29, 1.82) is 0 Å². The van der Waals surface area contributed by atoms with Crippen LogP contribution in [-0.4, -0.2) is 22.8 Å². The van der Waals surface area contributed by atoms with E-state index in [1.807, 2.05) is 17.7 Å². The maximum atomic E-state index is 12.0. The van der Waals surface area contributed by atoms with Gasteiger partial charge in [-0.2, -0.15) is 0 Å². The van der Waals surface area contributed by atoms with Gasteiger partial charge in [0.05, 0.1) is 19.0 Å². The Morgan fingerprint density at radius 3 is 2.68 bits per heavy atom. The Labute approximate surface area is 127 Å². The van der Waals surface area contributed by atoms with Crippen LogP contribution in [0.2, 0.25) is 0 Å². The number of anilines is 1. The number of ether oxygens (including phenoxy) is 2. The predicted molar refractivity (Wildman–Crippen MR) is 83.4 cm³/mol. The number of imidazole rings is 1. The molecule has 3 aromatic rings. The summed E-state index contributed by atoms with van der Waals surface area (Å²) in [6.07, 6.45) is 1.12. The van der Waals surface area contributed by atoms with Gasteiger partial charge in [-0.1, -0.05) is 6.07 Å². The number of hydrogen-bond acceptors (Lipinski definition) is 4. The summed E-state index contributed by atoms with van der Waals surface area (Å²) in [5.74, 6) is 1.18. The maximum Gasteiger partial charge on any atom is 0.417 e. The number of para-hydroxylation sites is 1. The molecule has 22 heavy (non-hydrogen) atoms. The fourth-order valence-corrected chi connectivity index (χ4v) is 2.18. The average Bonchev–Trinajstić information content (AvgIpc) is 2.90. The molecule has 0 radical (unpaired) electrons. The molecule has 0 aliphatic carbocycles. The van der Waals surface area contributed by atoms with Gasteiger partial charge in [-0.25, -0.2) is 9.78 Å². The summed E-state index contributed by atoms with van der Waals surface area (Å²) in [4.78, 5) is 16.2. The molecule has 0 unspecified atom stereocenters. The molecule has 2 aromatic carbocycles. The van der Waals surface area contributed by atoms with E-state index in [-0.39, 0.29) is 0 Å². The summed E-state index contributed by atoms with van der Waals surface area (Å²) in [7, 11) is 3.44. The monoisotopic (exact) mass is 297 g/mol.